The molecular weight excluding hydrogens is 414 g/mol. The SMILES string of the molecule is O=C1CCC(N2C(=O)c3cccc(OCCNc4ccnc(Cl)n4)c3C2=O)C(=O)N1. The summed E-state index contributed by atoms with van der Waals surface area (Å²) in [5, 5.41) is 5.28. The molecule has 1 saturated heterocycles. The second kappa shape index (κ2) is 8.07. The minimum absolute atomic E-state index is 0.0614. The lowest BCUT2D eigenvalue weighted by Gasteiger charge is -2.27. The summed E-state index contributed by atoms with van der Waals surface area (Å²) in [6.45, 7) is 0.536. The van der Waals surface area contributed by atoms with Crippen LogP contribution in [-0.2, 0) is 9.59 Å². The van der Waals surface area contributed by atoms with Gasteiger partial charge in [-0.3, -0.25) is 29.4 Å². The van der Waals surface area contributed by atoms with E-state index in [-0.39, 0.29) is 41.6 Å². The van der Waals surface area contributed by atoms with E-state index in [1.165, 1.54) is 12.3 Å². The first-order chi connectivity index (χ1) is 14.5. The van der Waals surface area contributed by atoms with Gasteiger partial charge in [-0.2, -0.15) is 0 Å². The molecule has 30 heavy (non-hydrogen) atoms. The highest BCUT2D eigenvalue weighted by Crippen LogP contribution is 2.33. The van der Waals surface area contributed by atoms with Crippen LogP contribution in [0.15, 0.2) is 30.5 Å². The standard InChI is InChI=1S/C19H16ClN5O5/c20-19-22-7-6-13(23-19)21-8-9-30-12-3-1-2-10-15(12)18(29)25(17(10)28)11-4-5-14(26)24-16(11)27/h1-3,6-7,11H,4-5,8-9H2,(H,21,22,23)(H,24,26,27). The lowest BCUT2D eigenvalue weighted by atomic mass is 10.0. The normalized spacial score (nSPS) is 18.3. The van der Waals surface area contributed by atoms with E-state index >= 15 is 0 Å². The van der Waals surface area contributed by atoms with Gasteiger partial charge in [0, 0.05) is 12.6 Å². The topological polar surface area (TPSA) is 131 Å². The number of halogens is 1. The van der Waals surface area contributed by atoms with Crippen LogP contribution < -0.4 is 15.4 Å². The number of hydrogen-bond donors (Lipinski definition) is 2. The molecule has 4 amide bonds. The number of nitrogens with one attached hydrogen (secondary N) is 2. The smallest absolute Gasteiger partial charge is 0.266 e. The Morgan fingerprint density at radius 2 is 2.03 bits per heavy atom. The molecule has 2 aliphatic heterocycles. The molecule has 3 heterocycles. The number of hydrogen-bond acceptors (Lipinski definition) is 8. The lowest BCUT2D eigenvalue weighted by molar-refractivity contribution is -0.136. The number of imide groups is 2. The first kappa shape index (κ1) is 19.8. The fourth-order valence-corrected chi connectivity index (χ4v) is 3.53. The van der Waals surface area contributed by atoms with Gasteiger partial charge >= 0.3 is 0 Å². The van der Waals surface area contributed by atoms with E-state index in [2.05, 4.69) is 20.6 Å². The van der Waals surface area contributed by atoms with Gasteiger partial charge < -0.3 is 10.1 Å². The molecule has 11 heteroatoms. The van der Waals surface area contributed by atoms with E-state index in [1.807, 2.05) is 0 Å². The fourth-order valence-electron chi connectivity index (χ4n) is 3.38. The van der Waals surface area contributed by atoms with E-state index in [1.54, 1.807) is 18.2 Å². The molecule has 1 aromatic carbocycles. The number of aromatic nitrogens is 2. The highest BCUT2D eigenvalue weighted by molar-refractivity contribution is 6.28. The summed E-state index contributed by atoms with van der Waals surface area (Å²) in [7, 11) is 0. The van der Waals surface area contributed by atoms with Crippen molar-refractivity contribution in [2.75, 3.05) is 18.5 Å². The predicted molar refractivity (Wildman–Crippen MR) is 104 cm³/mol. The lowest BCUT2D eigenvalue weighted by Crippen LogP contribution is -2.54. The minimum atomic E-state index is -1.02. The summed E-state index contributed by atoms with van der Waals surface area (Å²) in [4.78, 5) is 57.9. The zero-order valence-corrected chi connectivity index (χ0v) is 16.3. The number of anilines is 1. The first-order valence-electron chi connectivity index (χ1n) is 9.15. The average Bonchev–Trinajstić information content (AvgIpc) is 2.97. The van der Waals surface area contributed by atoms with Gasteiger partial charge in [0.15, 0.2) is 0 Å². The third kappa shape index (κ3) is 3.69. The van der Waals surface area contributed by atoms with Crippen molar-refractivity contribution >= 4 is 41.0 Å². The van der Waals surface area contributed by atoms with Crippen molar-refractivity contribution in [2.24, 2.45) is 0 Å². The van der Waals surface area contributed by atoms with Gasteiger partial charge in [0.2, 0.25) is 17.1 Å². The zero-order chi connectivity index (χ0) is 21.3. The van der Waals surface area contributed by atoms with Crippen molar-refractivity contribution in [2.45, 2.75) is 18.9 Å². The maximum atomic E-state index is 13.0. The van der Waals surface area contributed by atoms with Gasteiger partial charge in [0.05, 0.1) is 17.7 Å². The summed E-state index contributed by atoms with van der Waals surface area (Å²) >= 11 is 5.73. The van der Waals surface area contributed by atoms with Crippen LogP contribution >= 0.6 is 11.6 Å². The number of nitrogens with zero attached hydrogens (tertiary/aromatic N) is 3. The van der Waals surface area contributed by atoms with Crippen LogP contribution in [0.4, 0.5) is 5.82 Å². The summed E-state index contributed by atoms with van der Waals surface area (Å²) in [6.07, 6.45) is 1.67. The van der Waals surface area contributed by atoms with Crippen molar-refractivity contribution in [1.82, 2.24) is 20.2 Å². The largest absolute Gasteiger partial charge is 0.491 e. The van der Waals surface area contributed by atoms with E-state index in [9.17, 15) is 19.2 Å². The molecule has 2 aliphatic rings. The highest BCUT2D eigenvalue weighted by atomic mass is 35.5. The first-order valence-corrected chi connectivity index (χ1v) is 9.53. The third-order valence-corrected chi connectivity index (χ3v) is 4.90. The van der Waals surface area contributed by atoms with E-state index < -0.39 is 29.7 Å². The Balaban J connectivity index is 1.46. The summed E-state index contributed by atoms with van der Waals surface area (Å²) in [5.41, 5.74) is 0.273. The number of piperidine rings is 1. The highest BCUT2D eigenvalue weighted by Gasteiger charge is 2.45. The van der Waals surface area contributed by atoms with Crippen LogP contribution in [0.5, 0.6) is 5.75 Å². The summed E-state index contributed by atoms with van der Waals surface area (Å²) in [5.74, 6) is -1.51. The molecule has 1 aromatic heterocycles. The summed E-state index contributed by atoms with van der Waals surface area (Å²) in [6, 6.07) is 5.32. The molecular formula is C19H16ClN5O5. The molecule has 2 aromatic rings. The molecule has 154 valence electrons. The quantitative estimate of drug-likeness (QED) is 0.395. The Morgan fingerprint density at radius 3 is 2.80 bits per heavy atom. The second-order valence-corrected chi connectivity index (χ2v) is 6.95. The Labute approximate surface area is 175 Å². The maximum absolute atomic E-state index is 13.0. The van der Waals surface area contributed by atoms with Crippen molar-refractivity contribution in [3.8, 4) is 5.75 Å². The number of rotatable bonds is 6. The van der Waals surface area contributed by atoms with Crippen molar-refractivity contribution in [3.63, 3.8) is 0 Å². The Bertz CT molecular complexity index is 1060. The molecule has 4 rings (SSSR count). The zero-order valence-electron chi connectivity index (χ0n) is 15.6. The van der Waals surface area contributed by atoms with Gasteiger partial charge in [-0.05, 0) is 36.2 Å². The van der Waals surface area contributed by atoms with Gasteiger partial charge in [-0.25, -0.2) is 9.97 Å². The third-order valence-electron chi connectivity index (χ3n) is 4.72. The van der Waals surface area contributed by atoms with E-state index in [0.717, 1.165) is 4.90 Å². The average molecular weight is 430 g/mol. The van der Waals surface area contributed by atoms with Crippen molar-refractivity contribution in [3.05, 3.63) is 46.9 Å². The molecule has 0 radical (unpaired) electrons. The monoisotopic (exact) mass is 429 g/mol. The van der Waals surface area contributed by atoms with Crippen molar-refractivity contribution < 1.29 is 23.9 Å². The number of ether oxygens (including phenoxy) is 1. The van der Waals surface area contributed by atoms with Crippen LogP contribution in [-0.4, -0.2) is 57.7 Å². The number of benzene rings is 1. The molecule has 1 atom stereocenters. The van der Waals surface area contributed by atoms with E-state index in [0.29, 0.717) is 12.4 Å². The number of carbonyl (C=O) groups is 4. The van der Waals surface area contributed by atoms with Gasteiger partial charge in [-0.15, -0.1) is 0 Å². The Hall–Kier alpha value is -3.53. The molecule has 0 aliphatic carbocycles. The van der Waals surface area contributed by atoms with Crippen LogP contribution in [0, 0.1) is 0 Å². The van der Waals surface area contributed by atoms with Crippen LogP contribution in [0.3, 0.4) is 0 Å². The molecule has 1 fully saturated rings. The molecule has 0 saturated carbocycles. The maximum Gasteiger partial charge on any atom is 0.266 e. The van der Waals surface area contributed by atoms with E-state index in [4.69, 9.17) is 16.3 Å². The Morgan fingerprint density at radius 1 is 1.20 bits per heavy atom. The van der Waals surface area contributed by atoms with Crippen LogP contribution in [0.25, 0.3) is 0 Å². The minimum Gasteiger partial charge on any atom is -0.491 e. The molecule has 0 bridgehead atoms. The molecule has 0 spiro atoms. The number of amides is 4. The predicted octanol–water partition coefficient (Wildman–Crippen LogP) is 1.02. The number of fused-ring (bicyclic) bond motifs is 1. The van der Waals surface area contributed by atoms with Crippen molar-refractivity contribution in [1.29, 1.82) is 0 Å². The van der Waals surface area contributed by atoms with Crippen LogP contribution in [0.2, 0.25) is 5.28 Å². The van der Waals surface area contributed by atoms with Gasteiger partial charge in [0.1, 0.15) is 24.2 Å². The fraction of sp³-hybridized carbons (Fsp3) is 0.263. The van der Waals surface area contributed by atoms with Gasteiger partial charge in [-0.1, -0.05) is 6.07 Å². The Kier molecular flexibility index (Phi) is 5.32. The molecule has 10 nitrogen and oxygen atoms in total. The second-order valence-electron chi connectivity index (χ2n) is 6.61. The summed E-state index contributed by atoms with van der Waals surface area (Å²) < 4.78 is 5.71. The molecule has 1 unspecified atom stereocenters. The van der Waals surface area contributed by atoms with Crippen LogP contribution in [0.1, 0.15) is 33.6 Å². The molecule has 2 N–H and O–H groups in total. The number of carbonyl (C=O) groups excluding carboxylic acids is 4. The van der Waals surface area contributed by atoms with Gasteiger partial charge in [0.25, 0.3) is 11.8 Å².